The Labute approximate surface area is 420 Å². The van der Waals surface area contributed by atoms with Crippen LogP contribution in [0.15, 0.2) is 126 Å². The summed E-state index contributed by atoms with van der Waals surface area (Å²) in [5.74, 6) is -7.30. The lowest BCUT2D eigenvalue weighted by Gasteiger charge is -2.67. The Morgan fingerprint density at radius 3 is 2.00 bits per heavy atom. The van der Waals surface area contributed by atoms with E-state index in [-0.39, 0.29) is 53.8 Å². The molecule has 0 spiro atoms. The highest BCUT2D eigenvalue weighted by atomic mass is 16.6. The number of carbonyl (C=O) groups is 7. The van der Waals surface area contributed by atoms with Crippen LogP contribution in [0, 0.1) is 16.7 Å². The minimum atomic E-state index is -2.50. The van der Waals surface area contributed by atoms with Gasteiger partial charge in [0.05, 0.1) is 35.6 Å². The smallest absolute Gasteiger partial charge is 0.412 e. The van der Waals surface area contributed by atoms with Crippen molar-refractivity contribution in [2.75, 3.05) is 11.9 Å². The van der Waals surface area contributed by atoms with E-state index in [0.717, 1.165) is 6.92 Å². The van der Waals surface area contributed by atoms with Crippen molar-refractivity contribution in [1.29, 1.82) is 0 Å². The topological polar surface area (TPSA) is 271 Å². The average molecular weight is 1000 g/mol. The number of aliphatic hydroxyl groups is 3. The maximum absolute atomic E-state index is 16.0. The summed E-state index contributed by atoms with van der Waals surface area (Å²) >= 11 is 0. The van der Waals surface area contributed by atoms with Gasteiger partial charge in [-0.1, -0.05) is 92.7 Å². The second-order valence-electron chi connectivity index (χ2n) is 19.9. The molecule has 1 heterocycles. The van der Waals surface area contributed by atoms with Crippen LogP contribution in [0.5, 0.6) is 0 Å². The van der Waals surface area contributed by atoms with Crippen LogP contribution in [-0.2, 0) is 49.3 Å². The van der Waals surface area contributed by atoms with Crippen molar-refractivity contribution in [1.82, 2.24) is 5.32 Å². The summed E-state index contributed by atoms with van der Waals surface area (Å²) < 4.78 is 30.9. The quantitative estimate of drug-likeness (QED) is 0.0522. The molecule has 8 rings (SSSR count). The van der Waals surface area contributed by atoms with Crippen LogP contribution in [0.3, 0.4) is 0 Å². The number of hydrogen-bond donors (Lipinski definition) is 6. The molecule has 3 unspecified atom stereocenters. The zero-order valence-corrected chi connectivity index (χ0v) is 40.8. The Bertz CT molecular complexity index is 2800. The standard InChI is InChI=1S/C55H58N2O16/c1-30-37(70-50(66)43(62)42(33-15-9-6-10-16-33)57-48(64)34-17-11-7-12-18-34)28-55(68)47(72-49(65)35-19-13-8-14-20-35)45-53(5,38(59)27-39-54(45,29-69-39)73-31(2)58)46(63)44(41(30)52(55,3)4)71-51(67)56-36-24-21-32(22-25-36)23-26-40(60)61/h6-22,24-25,37-39,42-45,47,59,62,68H,23,26-29H2,1-5H3,(H,56,67)(H,57,64)(H,60,61)/t37-,38-,39?,42-,43+,44+,45-,47-,53?,54?,55+/m0/s1. The number of amides is 2. The van der Waals surface area contributed by atoms with Gasteiger partial charge in [0.1, 0.15) is 23.9 Å². The van der Waals surface area contributed by atoms with E-state index >= 15 is 4.79 Å². The van der Waals surface area contributed by atoms with Crippen molar-refractivity contribution < 1.29 is 77.7 Å². The van der Waals surface area contributed by atoms with E-state index in [1.807, 2.05) is 0 Å². The maximum atomic E-state index is 16.0. The molecular weight excluding hydrogens is 945 g/mol. The van der Waals surface area contributed by atoms with Gasteiger partial charge in [-0.25, -0.2) is 14.4 Å². The van der Waals surface area contributed by atoms with Crippen molar-refractivity contribution in [2.24, 2.45) is 16.7 Å². The van der Waals surface area contributed by atoms with Gasteiger partial charge >= 0.3 is 30.0 Å². The van der Waals surface area contributed by atoms with E-state index < -0.39 is 119 Å². The van der Waals surface area contributed by atoms with E-state index in [1.165, 1.54) is 52.0 Å². The SMILES string of the molecule is CC(=O)OC12COC1C[C@H](O)C1(C)C(=O)[C@H](OC(=O)Nc3ccc(CCC(=O)O)cc3)C3=C(C)[C@@H](OC(=O)[C@H](O)[C@@H](NC(=O)c4ccccc4)c4ccccc4)C[C@@](O)([C@@H](OC(=O)c4ccccc4)[C@H]21)C3(C)C. The highest BCUT2D eigenvalue weighted by Gasteiger charge is 2.78. The lowest BCUT2D eigenvalue weighted by molar-refractivity contribution is -0.345. The molecule has 1 aliphatic heterocycles. The number of fused-ring (bicyclic) bond motifs is 5. The summed E-state index contributed by atoms with van der Waals surface area (Å²) in [5.41, 5.74) is -6.89. The van der Waals surface area contributed by atoms with E-state index in [9.17, 15) is 44.1 Å². The third-order valence-corrected chi connectivity index (χ3v) is 15.2. The number of Topliss-reactive ketones (excluding diaryl/α,β-unsaturated/α-hetero) is 1. The summed E-state index contributed by atoms with van der Waals surface area (Å²) in [6, 6.07) is 28.9. The first-order valence-corrected chi connectivity index (χ1v) is 23.9. The van der Waals surface area contributed by atoms with E-state index in [4.69, 9.17) is 28.8 Å². The molecule has 0 aromatic heterocycles. The predicted molar refractivity (Wildman–Crippen MR) is 258 cm³/mol. The Kier molecular flexibility index (Phi) is 14.5. The van der Waals surface area contributed by atoms with Gasteiger partial charge in [-0.05, 0) is 78.9 Å². The Hall–Kier alpha value is -7.25. The van der Waals surface area contributed by atoms with Crippen LogP contribution >= 0.6 is 0 Å². The van der Waals surface area contributed by atoms with Crippen molar-refractivity contribution in [3.05, 3.63) is 149 Å². The van der Waals surface area contributed by atoms with Gasteiger partial charge in [-0.2, -0.15) is 0 Å². The highest BCUT2D eigenvalue weighted by Crippen LogP contribution is 2.64. The third kappa shape index (κ3) is 9.63. The monoisotopic (exact) mass is 1000 g/mol. The Morgan fingerprint density at radius 1 is 0.822 bits per heavy atom. The molecule has 384 valence electrons. The molecule has 2 amide bonds. The number of aliphatic carboxylic acids is 1. The molecule has 0 radical (unpaired) electrons. The molecule has 4 aliphatic rings. The molecule has 3 fully saturated rings. The number of nitrogens with one attached hydrogen (secondary N) is 2. The minimum absolute atomic E-state index is 0.0319. The lowest BCUT2D eigenvalue weighted by Crippen LogP contribution is -2.82. The second-order valence-corrected chi connectivity index (χ2v) is 19.9. The maximum Gasteiger partial charge on any atom is 0.412 e. The number of ether oxygens (including phenoxy) is 5. The van der Waals surface area contributed by atoms with Gasteiger partial charge in [0.2, 0.25) is 0 Å². The number of benzene rings is 4. The molecule has 18 heteroatoms. The number of carboxylic acids is 1. The first-order valence-electron chi connectivity index (χ1n) is 23.9. The molecule has 4 aromatic carbocycles. The van der Waals surface area contributed by atoms with E-state index in [2.05, 4.69) is 10.6 Å². The van der Waals surface area contributed by atoms with Gasteiger partial charge in [0, 0.05) is 42.9 Å². The molecule has 3 aliphatic carbocycles. The minimum Gasteiger partial charge on any atom is -0.481 e. The van der Waals surface area contributed by atoms with E-state index in [1.54, 1.807) is 91.0 Å². The molecule has 2 saturated carbocycles. The van der Waals surface area contributed by atoms with Crippen LogP contribution in [-0.4, -0.2) is 117 Å². The molecule has 2 bridgehead atoms. The number of ketones is 1. The molecule has 4 aromatic rings. The first-order chi connectivity index (χ1) is 34.6. The van der Waals surface area contributed by atoms with Crippen molar-refractivity contribution in [3.63, 3.8) is 0 Å². The van der Waals surface area contributed by atoms with Gasteiger partial charge in [-0.15, -0.1) is 0 Å². The normalized spacial score (nSPS) is 28.7. The summed E-state index contributed by atoms with van der Waals surface area (Å²) in [5, 5.41) is 52.8. The Morgan fingerprint density at radius 2 is 1.42 bits per heavy atom. The van der Waals surface area contributed by atoms with Crippen LogP contribution < -0.4 is 10.6 Å². The fourth-order valence-electron chi connectivity index (χ4n) is 11.3. The lowest BCUT2D eigenvalue weighted by atomic mass is 9.44. The van der Waals surface area contributed by atoms with Crippen molar-refractivity contribution >= 4 is 47.3 Å². The molecule has 11 atom stereocenters. The van der Waals surface area contributed by atoms with Gasteiger partial charge < -0.3 is 49.4 Å². The Balaban J connectivity index is 1.27. The zero-order valence-electron chi connectivity index (χ0n) is 40.8. The predicted octanol–water partition coefficient (Wildman–Crippen LogP) is 5.44. The second kappa shape index (κ2) is 20.3. The highest BCUT2D eigenvalue weighted by molar-refractivity contribution is 5.97. The number of esters is 3. The van der Waals surface area contributed by atoms with Crippen LogP contribution in [0.4, 0.5) is 10.5 Å². The molecule has 18 nitrogen and oxygen atoms in total. The fourth-order valence-corrected chi connectivity index (χ4v) is 11.3. The van der Waals surface area contributed by atoms with E-state index in [0.29, 0.717) is 11.1 Å². The molecule has 73 heavy (non-hydrogen) atoms. The van der Waals surface area contributed by atoms with Crippen LogP contribution in [0.2, 0.25) is 0 Å². The van der Waals surface area contributed by atoms with Crippen LogP contribution in [0.1, 0.15) is 91.8 Å². The van der Waals surface area contributed by atoms with Crippen molar-refractivity contribution in [2.45, 2.75) is 114 Å². The number of hydrogen-bond acceptors (Lipinski definition) is 15. The largest absolute Gasteiger partial charge is 0.481 e. The summed E-state index contributed by atoms with van der Waals surface area (Å²) in [6.45, 7) is 6.67. The fraction of sp³-hybridized carbons (Fsp3) is 0.400. The zero-order chi connectivity index (χ0) is 52.6. The molecule has 1 saturated heterocycles. The summed E-state index contributed by atoms with van der Waals surface area (Å²) in [4.78, 5) is 97.3. The number of rotatable bonds is 14. The number of aryl methyl sites for hydroxylation is 1. The number of anilines is 1. The van der Waals surface area contributed by atoms with Crippen molar-refractivity contribution in [3.8, 4) is 0 Å². The third-order valence-electron chi connectivity index (χ3n) is 15.2. The molecule has 6 N–H and O–H groups in total. The summed E-state index contributed by atoms with van der Waals surface area (Å²) in [7, 11) is 0. The molecular formula is C55H58N2O16. The number of carbonyl (C=O) groups excluding carboxylic acids is 6. The number of carboxylic acid groups (broad SMARTS) is 1. The van der Waals surface area contributed by atoms with Gasteiger partial charge in [0.15, 0.2) is 23.6 Å². The first kappa shape index (κ1) is 52.1. The van der Waals surface area contributed by atoms with Crippen LogP contribution in [0.25, 0.3) is 0 Å². The van der Waals surface area contributed by atoms with Gasteiger partial charge in [0.25, 0.3) is 5.91 Å². The average Bonchev–Trinajstić information content (AvgIpc) is 3.36. The number of aliphatic hydroxyl groups excluding tert-OH is 2. The van der Waals surface area contributed by atoms with Gasteiger partial charge in [-0.3, -0.25) is 24.5 Å². The summed E-state index contributed by atoms with van der Waals surface area (Å²) in [6.07, 6.45) is -12.3.